The lowest BCUT2D eigenvalue weighted by Gasteiger charge is -2.23. The van der Waals surface area contributed by atoms with Crippen molar-refractivity contribution < 1.29 is 0 Å². The second-order valence-corrected chi connectivity index (χ2v) is 5.88. The van der Waals surface area contributed by atoms with Gasteiger partial charge in [-0.05, 0) is 31.0 Å². The number of aromatic amines is 1. The summed E-state index contributed by atoms with van der Waals surface area (Å²) in [5.74, 6) is 0.938. The van der Waals surface area contributed by atoms with Gasteiger partial charge in [0.25, 0.3) is 0 Å². The minimum absolute atomic E-state index is 0.533. The molecular formula is C17H19N5. The van der Waals surface area contributed by atoms with Gasteiger partial charge in [-0.3, -0.25) is 4.98 Å². The quantitative estimate of drug-likeness (QED) is 0.771. The summed E-state index contributed by atoms with van der Waals surface area (Å²) in [4.78, 5) is 16.2. The molecule has 1 saturated carbocycles. The Labute approximate surface area is 129 Å². The van der Waals surface area contributed by atoms with Gasteiger partial charge in [0.05, 0.1) is 5.39 Å². The Hall–Kier alpha value is -2.43. The number of fused-ring (bicyclic) bond motifs is 1. The minimum atomic E-state index is 0.533. The summed E-state index contributed by atoms with van der Waals surface area (Å²) in [7, 11) is 0. The van der Waals surface area contributed by atoms with Gasteiger partial charge in [0, 0.05) is 29.7 Å². The number of anilines is 1. The second-order valence-electron chi connectivity index (χ2n) is 5.88. The molecule has 3 heterocycles. The van der Waals surface area contributed by atoms with Crippen LogP contribution in [0.25, 0.3) is 22.3 Å². The van der Waals surface area contributed by atoms with Crippen LogP contribution in [-0.4, -0.2) is 26.0 Å². The molecule has 0 aromatic carbocycles. The fourth-order valence-corrected chi connectivity index (χ4v) is 3.18. The van der Waals surface area contributed by atoms with E-state index in [2.05, 4.69) is 31.3 Å². The largest absolute Gasteiger partial charge is 0.367 e. The van der Waals surface area contributed by atoms with E-state index in [1.54, 1.807) is 18.7 Å². The number of hydrogen-bond donors (Lipinski definition) is 2. The summed E-state index contributed by atoms with van der Waals surface area (Å²) in [6.07, 6.45) is 11.7. The van der Waals surface area contributed by atoms with E-state index in [0.29, 0.717) is 6.04 Å². The number of rotatable bonds is 3. The number of hydrogen-bond acceptors (Lipinski definition) is 4. The molecule has 5 heteroatoms. The first-order chi connectivity index (χ1) is 10.9. The van der Waals surface area contributed by atoms with Crippen molar-refractivity contribution in [2.24, 2.45) is 0 Å². The van der Waals surface area contributed by atoms with Gasteiger partial charge in [0.2, 0.25) is 0 Å². The van der Waals surface area contributed by atoms with Gasteiger partial charge in [0.15, 0.2) is 0 Å². The molecule has 112 valence electrons. The number of pyridine rings is 1. The fourth-order valence-electron chi connectivity index (χ4n) is 3.18. The van der Waals surface area contributed by atoms with Crippen LogP contribution in [0.4, 0.5) is 5.82 Å². The predicted molar refractivity (Wildman–Crippen MR) is 87.6 cm³/mol. The smallest absolute Gasteiger partial charge is 0.143 e. The van der Waals surface area contributed by atoms with E-state index in [1.165, 1.54) is 32.1 Å². The topological polar surface area (TPSA) is 66.5 Å². The van der Waals surface area contributed by atoms with Crippen molar-refractivity contribution in [3.63, 3.8) is 0 Å². The molecule has 5 nitrogen and oxygen atoms in total. The first-order valence-electron chi connectivity index (χ1n) is 7.91. The van der Waals surface area contributed by atoms with Gasteiger partial charge in [-0.2, -0.15) is 0 Å². The summed E-state index contributed by atoms with van der Waals surface area (Å²) in [5, 5.41) is 4.66. The molecule has 3 aromatic heterocycles. The second kappa shape index (κ2) is 5.75. The predicted octanol–water partition coefficient (Wildman–Crippen LogP) is 3.76. The highest BCUT2D eigenvalue weighted by Gasteiger charge is 2.16. The molecule has 3 aromatic rings. The zero-order valence-corrected chi connectivity index (χ0v) is 12.4. The van der Waals surface area contributed by atoms with Crippen LogP contribution >= 0.6 is 0 Å². The molecule has 0 unspecified atom stereocenters. The molecule has 1 fully saturated rings. The molecule has 4 rings (SSSR count). The summed E-state index contributed by atoms with van der Waals surface area (Å²) < 4.78 is 0. The summed E-state index contributed by atoms with van der Waals surface area (Å²) in [6, 6.07) is 6.64. The van der Waals surface area contributed by atoms with E-state index in [-0.39, 0.29) is 0 Å². The minimum Gasteiger partial charge on any atom is -0.367 e. The SMILES string of the molecule is c1cc(-c2cc3c(NC4CCCCC4)ncnc3[nH]2)ccn1. The van der Waals surface area contributed by atoms with E-state index in [1.807, 2.05) is 12.1 Å². The van der Waals surface area contributed by atoms with Crippen molar-refractivity contribution in [1.82, 2.24) is 19.9 Å². The molecule has 1 aliphatic rings. The lowest BCUT2D eigenvalue weighted by atomic mass is 9.95. The summed E-state index contributed by atoms with van der Waals surface area (Å²) in [6.45, 7) is 0. The van der Waals surface area contributed by atoms with Gasteiger partial charge in [-0.1, -0.05) is 19.3 Å². The summed E-state index contributed by atoms with van der Waals surface area (Å²) >= 11 is 0. The Morgan fingerprint density at radius 3 is 2.68 bits per heavy atom. The van der Waals surface area contributed by atoms with E-state index in [0.717, 1.165) is 28.1 Å². The van der Waals surface area contributed by atoms with Gasteiger partial charge in [-0.25, -0.2) is 9.97 Å². The molecule has 0 radical (unpaired) electrons. The first-order valence-corrected chi connectivity index (χ1v) is 7.91. The van der Waals surface area contributed by atoms with Crippen LogP contribution in [0.15, 0.2) is 36.9 Å². The van der Waals surface area contributed by atoms with E-state index >= 15 is 0 Å². The average Bonchev–Trinajstić information content (AvgIpc) is 3.02. The lowest BCUT2D eigenvalue weighted by molar-refractivity contribution is 0.462. The highest BCUT2D eigenvalue weighted by molar-refractivity contribution is 5.91. The Kier molecular flexibility index (Phi) is 3.46. The van der Waals surface area contributed by atoms with Gasteiger partial charge in [0.1, 0.15) is 17.8 Å². The molecule has 0 aliphatic heterocycles. The third kappa shape index (κ3) is 2.54. The maximum absolute atomic E-state index is 4.45. The van der Waals surface area contributed by atoms with Crippen LogP contribution in [-0.2, 0) is 0 Å². The zero-order chi connectivity index (χ0) is 14.8. The van der Waals surface area contributed by atoms with E-state index < -0.39 is 0 Å². The monoisotopic (exact) mass is 293 g/mol. The molecule has 1 aliphatic carbocycles. The Balaban J connectivity index is 1.69. The number of aromatic nitrogens is 4. The number of nitrogens with zero attached hydrogens (tertiary/aromatic N) is 3. The van der Waals surface area contributed by atoms with E-state index in [4.69, 9.17) is 0 Å². The maximum atomic E-state index is 4.45. The van der Waals surface area contributed by atoms with Crippen LogP contribution in [0.5, 0.6) is 0 Å². The van der Waals surface area contributed by atoms with Crippen molar-refractivity contribution in [2.45, 2.75) is 38.1 Å². The van der Waals surface area contributed by atoms with Crippen molar-refractivity contribution >= 4 is 16.9 Å². The third-order valence-corrected chi connectivity index (χ3v) is 4.36. The molecule has 0 amide bonds. The normalized spacial score (nSPS) is 16.0. The Bertz CT molecular complexity index is 759. The van der Waals surface area contributed by atoms with Crippen molar-refractivity contribution in [1.29, 1.82) is 0 Å². The maximum Gasteiger partial charge on any atom is 0.143 e. The molecule has 0 spiro atoms. The average molecular weight is 293 g/mol. The van der Waals surface area contributed by atoms with Crippen LogP contribution < -0.4 is 5.32 Å². The number of H-pyrrole nitrogens is 1. The van der Waals surface area contributed by atoms with Crippen LogP contribution in [0.3, 0.4) is 0 Å². The Morgan fingerprint density at radius 1 is 1.05 bits per heavy atom. The molecule has 0 bridgehead atoms. The molecule has 2 N–H and O–H groups in total. The Morgan fingerprint density at radius 2 is 1.86 bits per heavy atom. The molecule has 0 atom stereocenters. The standard InChI is InChI=1S/C17H19N5/c1-2-4-13(5-3-1)21-16-14-10-15(12-6-8-18-9-7-12)22-17(14)20-11-19-16/h6-11,13H,1-5H2,(H2,19,20,21,22). The molecule has 0 saturated heterocycles. The van der Waals surface area contributed by atoms with Crippen LogP contribution in [0, 0.1) is 0 Å². The van der Waals surface area contributed by atoms with Crippen LogP contribution in [0.1, 0.15) is 32.1 Å². The fraction of sp³-hybridized carbons (Fsp3) is 0.353. The van der Waals surface area contributed by atoms with Crippen LogP contribution in [0.2, 0.25) is 0 Å². The highest BCUT2D eigenvalue weighted by Crippen LogP contribution is 2.28. The van der Waals surface area contributed by atoms with Crippen molar-refractivity contribution in [3.05, 3.63) is 36.9 Å². The highest BCUT2D eigenvalue weighted by atomic mass is 15.1. The zero-order valence-electron chi connectivity index (χ0n) is 12.4. The van der Waals surface area contributed by atoms with Crippen molar-refractivity contribution in [2.75, 3.05) is 5.32 Å². The molecular weight excluding hydrogens is 274 g/mol. The first kappa shape index (κ1) is 13.2. The van der Waals surface area contributed by atoms with Crippen molar-refractivity contribution in [3.8, 4) is 11.3 Å². The lowest BCUT2D eigenvalue weighted by Crippen LogP contribution is -2.22. The van der Waals surface area contributed by atoms with E-state index in [9.17, 15) is 0 Å². The third-order valence-electron chi connectivity index (χ3n) is 4.36. The molecule has 22 heavy (non-hydrogen) atoms. The van der Waals surface area contributed by atoms with Gasteiger partial charge in [-0.15, -0.1) is 0 Å². The number of nitrogens with one attached hydrogen (secondary N) is 2. The summed E-state index contributed by atoms with van der Waals surface area (Å²) in [5.41, 5.74) is 3.03. The van der Waals surface area contributed by atoms with Gasteiger partial charge >= 0.3 is 0 Å². The van der Waals surface area contributed by atoms with Gasteiger partial charge < -0.3 is 10.3 Å².